The third-order valence-electron chi connectivity index (χ3n) is 2.52. The number of thioether (sulfide) groups is 1. The van der Waals surface area contributed by atoms with E-state index in [9.17, 15) is 4.79 Å². The van der Waals surface area contributed by atoms with Gasteiger partial charge in [0.15, 0.2) is 0 Å². The van der Waals surface area contributed by atoms with Gasteiger partial charge in [-0.15, -0.1) is 0 Å². The van der Waals surface area contributed by atoms with E-state index in [4.69, 9.17) is 14.3 Å². The Kier molecular flexibility index (Phi) is 4.84. The van der Waals surface area contributed by atoms with E-state index in [1.165, 1.54) is 18.0 Å². The van der Waals surface area contributed by atoms with Gasteiger partial charge in [-0.3, -0.25) is 0 Å². The van der Waals surface area contributed by atoms with E-state index in [1.54, 1.807) is 25.4 Å². The number of hydrogen-bond acceptors (Lipinski definition) is 5. The molecule has 1 aromatic carbocycles. The molecule has 2 aromatic rings. The Morgan fingerprint density at radius 1 is 1.55 bits per heavy atom. The number of hydrogen-bond donors (Lipinski definition) is 1. The highest BCUT2D eigenvalue weighted by Gasteiger charge is 2.06. The first kappa shape index (κ1) is 14.2. The summed E-state index contributed by atoms with van der Waals surface area (Å²) in [5.41, 5.74) is 1.78. The topological polar surface area (TPSA) is 72.6 Å². The van der Waals surface area contributed by atoms with Crippen LogP contribution in [-0.2, 0) is 10.5 Å². The standard InChI is InChI=1S/C14H13NO4S/c1-18-12-4-2-10(3-5-13(16)17)11(8-12)9-20-14-15-6-7-19-14/h2-8H,9H2,1H3,(H,16,17)/b5-3+. The van der Waals surface area contributed by atoms with Crippen LogP contribution in [0.1, 0.15) is 11.1 Å². The fourth-order valence-electron chi connectivity index (χ4n) is 1.58. The number of rotatable bonds is 6. The van der Waals surface area contributed by atoms with Crippen LogP contribution in [0.15, 0.2) is 46.4 Å². The third kappa shape index (κ3) is 3.89. The van der Waals surface area contributed by atoms with Crippen molar-refractivity contribution in [2.75, 3.05) is 7.11 Å². The second-order valence-electron chi connectivity index (χ2n) is 3.82. The smallest absolute Gasteiger partial charge is 0.328 e. The fourth-order valence-corrected chi connectivity index (χ4v) is 2.37. The average Bonchev–Trinajstić information content (AvgIpc) is 2.96. The summed E-state index contributed by atoms with van der Waals surface area (Å²) >= 11 is 1.43. The van der Waals surface area contributed by atoms with Gasteiger partial charge in [-0.2, -0.15) is 0 Å². The van der Waals surface area contributed by atoms with Crippen molar-refractivity contribution in [3.05, 3.63) is 47.9 Å². The molecule has 0 fully saturated rings. The summed E-state index contributed by atoms with van der Waals surface area (Å²) in [5, 5.41) is 9.28. The maximum absolute atomic E-state index is 10.6. The van der Waals surface area contributed by atoms with Crippen LogP contribution < -0.4 is 4.74 Å². The van der Waals surface area contributed by atoms with E-state index >= 15 is 0 Å². The number of carboxylic acids is 1. The van der Waals surface area contributed by atoms with Gasteiger partial charge in [0.05, 0.1) is 13.3 Å². The summed E-state index contributed by atoms with van der Waals surface area (Å²) in [4.78, 5) is 14.6. The molecule has 0 radical (unpaired) electrons. The van der Waals surface area contributed by atoms with Gasteiger partial charge in [0.25, 0.3) is 5.22 Å². The van der Waals surface area contributed by atoms with Crippen molar-refractivity contribution in [3.8, 4) is 5.75 Å². The van der Waals surface area contributed by atoms with E-state index in [1.807, 2.05) is 12.1 Å². The van der Waals surface area contributed by atoms with E-state index in [-0.39, 0.29) is 0 Å². The average molecular weight is 291 g/mol. The monoisotopic (exact) mass is 291 g/mol. The number of methoxy groups -OCH3 is 1. The van der Waals surface area contributed by atoms with Gasteiger partial charge in [0, 0.05) is 11.8 Å². The highest BCUT2D eigenvalue weighted by molar-refractivity contribution is 7.98. The largest absolute Gasteiger partial charge is 0.497 e. The Balaban J connectivity index is 2.20. The highest BCUT2D eigenvalue weighted by Crippen LogP contribution is 2.26. The van der Waals surface area contributed by atoms with E-state index < -0.39 is 5.97 Å². The van der Waals surface area contributed by atoms with Gasteiger partial charge in [-0.05, 0) is 29.3 Å². The normalized spacial score (nSPS) is 10.8. The predicted molar refractivity (Wildman–Crippen MR) is 75.7 cm³/mol. The van der Waals surface area contributed by atoms with E-state index in [0.29, 0.717) is 11.0 Å². The molecule has 0 atom stereocenters. The first-order chi connectivity index (χ1) is 9.69. The van der Waals surface area contributed by atoms with Gasteiger partial charge >= 0.3 is 5.97 Å². The van der Waals surface area contributed by atoms with E-state index in [2.05, 4.69) is 4.98 Å². The number of benzene rings is 1. The molecule has 1 aromatic heterocycles. The summed E-state index contributed by atoms with van der Waals surface area (Å²) in [6, 6.07) is 5.49. The molecular weight excluding hydrogens is 278 g/mol. The molecule has 5 nitrogen and oxygen atoms in total. The van der Waals surface area contributed by atoms with Crippen molar-refractivity contribution >= 4 is 23.8 Å². The second kappa shape index (κ2) is 6.81. The van der Waals surface area contributed by atoms with Gasteiger partial charge in [0.2, 0.25) is 0 Å². The zero-order valence-electron chi connectivity index (χ0n) is 10.8. The van der Waals surface area contributed by atoms with Crippen LogP contribution in [0, 0.1) is 0 Å². The third-order valence-corrected chi connectivity index (χ3v) is 3.42. The Morgan fingerprint density at radius 2 is 2.40 bits per heavy atom. The quantitative estimate of drug-likeness (QED) is 0.651. The molecule has 1 heterocycles. The van der Waals surface area contributed by atoms with Crippen molar-refractivity contribution in [1.82, 2.24) is 4.98 Å². The van der Waals surface area contributed by atoms with Crippen molar-refractivity contribution in [3.63, 3.8) is 0 Å². The lowest BCUT2D eigenvalue weighted by atomic mass is 10.1. The number of oxazole rings is 1. The molecule has 2 rings (SSSR count). The summed E-state index contributed by atoms with van der Waals surface area (Å²) < 4.78 is 10.3. The summed E-state index contributed by atoms with van der Waals surface area (Å²) in [5.74, 6) is 0.351. The zero-order valence-corrected chi connectivity index (χ0v) is 11.6. The molecule has 0 saturated heterocycles. The number of carbonyl (C=O) groups is 1. The minimum Gasteiger partial charge on any atom is -0.497 e. The number of aromatic nitrogens is 1. The predicted octanol–water partition coefficient (Wildman–Crippen LogP) is 3.07. The van der Waals surface area contributed by atoms with Crippen molar-refractivity contribution in [1.29, 1.82) is 0 Å². The van der Waals surface area contributed by atoms with Gasteiger partial charge in [0.1, 0.15) is 12.0 Å². The van der Waals surface area contributed by atoms with E-state index in [0.717, 1.165) is 23.0 Å². The fraction of sp³-hybridized carbons (Fsp3) is 0.143. The van der Waals surface area contributed by atoms with Gasteiger partial charge in [-0.1, -0.05) is 17.8 Å². The molecule has 1 N–H and O–H groups in total. The lowest BCUT2D eigenvalue weighted by Gasteiger charge is -2.07. The van der Waals surface area contributed by atoms with Crippen LogP contribution >= 0.6 is 11.8 Å². The van der Waals surface area contributed by atoms with Gasteiger partial charge in [-0.25, -0.2) is 9.78 Å². The Labute approximate surface area is 120 Å². The lowest BCUT2D eigenvalue weighted by Crippen LogP contribution is -1.92. The molecule has 0 aliphatic rings. The maximum atomic E-state index is 10.6. The number of ether oxygens (including phenoxy) is 1. The number of nitrogens with zero attached hydrogens (tertiary/aromatic N) is 1. The van der Waals surface area contributed by atoms with Crippen LogP contribution in [0.3, 0.4) is 0 Å². The minimum absolute atomic E-state index is 0.570. The Bertz CT molecular complexity index is 608. The molecule has 104 valence electrons. The van der Waals surface area contributed by atoms with Crippen LogP contribution in [0.25, 0.3) is 6.08 Å². The minimum atomic E-state index is -0.980. The van der Waals surface area contributed by atoms with Crippen molar-refractivity contribution in [2.24, 2.45) is 0 Å². The summed E-state index contributed by atoms with van der Waals surface area (Å²) in [6.07, 6.45) is 5.77. The Morgan fingerprint density at radius 3 is 3.05 bits per heavy atom. The first-order valence-electron chi connectivity index (χ1n) is 5.79. The van der Waals surface area contributed by atoms with Crippen molar-refractivity contribution < 1.29 is 19.1 Å². The van der Waals surface area contributed by atoms with Crippen LogP contribution in [0.2, 0.25) is 0 Å². The summed E-state index contributed by atoms with van der Waals surface area (Å²) in [7, 11) is 1.59. The second-order valence-corrected chi connectivity index (χ2v) is 4.75. The van der Waals surface area contributed by atoms with Crippen LogP contribution in [0.4, 0.5) is 0 Å². The highest BCUT2D eigenvalue weighted by atomic mass is 32.2. The Hall–Kier alpha value is -2.21. The molecule has 0 spiro atoms. The lowest BCUT2D eigenvalue weighted by molar-refractivity contribution is -0.131. The SMILES string of the molecule is COc1ccc(/C=C/C(=O)O)c(CSc2ncco2)c1. The number of carboxylic acid groups (broad SMARTS) is 1. The molecule has 6 heteroatoms. The maximum Gasteiger partial charge on any atom is 0.328 e. The molecule has 0 aliphatic heterocycles. The number of aliphatic carboxylic acids is 1. The molecule has 0 amide bonds. The summed E-state index contributed by atoms with van der Waals surface area (Å²) in [6.45, 7) is 0. The molecule has 20 heavy (non-hydrogen) atoms. The van der Waals surface area contributed by atoms with Gasteiger partial charge < -0.3 is 14.3 Å². The van der Waals surface area contributed by atoms with Crippen LogP contribution in [-0.4, -0.2) is 23.2 Å². The molecular formula is C14H13NO4S. The molecule has 0 aliphatic carbocycles. The molecule has 0 bridgehead atoms. The zero-order chi connectivity index (χ0) is 14.4. The molecule has 0 unspecified atom stereocenters. The molecule has 0 saturated carbocycles. The van der Waals surface area contributed by atoms with Crippen molar-refractivity contribution in [2.45, 2.75) is 11.0 Å². The van der Waals surface area contributed by atoms with Crippen LogP contribution in [0.5, 0.6) is 5.75 Å². The first-order valence-corrected chi connectivity index (χ1v) is 6.78.